The molecule has 1 fully saturated rings. The van der Waals surface area contributed by atoms with Gasteiger partial charge in [-0.1, -0.05) is 17.7 Å². The first-order valence-corrected chi connectivity index (χ1v) is 9.85. The third kappa shape index (κ3) is 6.20. The van der Waals surface area contributed by atoms with Crippen LogP contribution < -0.4 is 5.32 Å². The number of carbonyl (C=O) groups excluding carboxylic acids is 1. The van der Waals surface area contributed by atoms with E-state index in [2.05, 4.69) is 15.3 Å². The zero-order valence-corrected chi connectivity index (χ0v) is 17.9. The molecule has 0 radical (unpaired) electrons. The molecule has 1 aliphatic rings. The number of benzene rings is 1. The third-order valence-electron chi connectivity index (χ3n) is 4.31. The molecule has 1 saturated heterocycles. The number of anilines is 2. The van der Waals surface area contributed by atoms with E-state index in [1.165, 1.54) is 0 Å². The highest BCUT2D eigenvalue weighted by Crippen LogP contribution is 2.32. The van der Waals surface area contributed by atoms with Crippen molar-refractivity contribution in [3.05, 3.63) is 46.7 Å². The highest BCUT2D eigenvalue weighted by atomic mass is 35.5. The number of hydrogen-bond acceptors (Lipinski definition) is 6. The maximum absolute atomic E-state index is 12.6. The number of carbonyl (C=O) groups is 1. The number of nitrogens with zero attached hydrogens (tertiary/aromatic N) is 3. The molecule has 0 unspecified atom stereocenters. The summed E-state index contributed by atoms with van der Waals surface area (Å²) in [5, 5.41) is 3.09. The Balaban J connectivity index is 1.68. The van der Waals surface area contributed by atoms with Gasteiger partial charge in [0, 0.05) is 18.9 Å². The topological polar surface area (TPSA) is 76.6 Å². The summed E-state index contributed by atoms with van der Waals surface area (Å²) < 4.78 is 49.1. The van der Waals surface area contributed by atoms with Crippen molar-refractivity contribution in [3.63, 3.8) is 0 Å². The first-order valence-electron chi connectivity index (χ1n) is 9.47. The fraction of sp³-hybridized carbons (Fsp3) is 0.450. The molecule has 11 heteroatoms. The second-order valence-electron chi connectivity index (χ2n) is 7.94. The average Bonchev–Trinajstić information content (AvgIpc) is 2.68. The Bertz CT molecular complexity index is 933. The number of rotatable bonds is 3. The van der Waals surface area contributed by atoms with Gasteiger partial charge in [0.25, 0.3) is 0 Å². The lowest BCUT2D eigenvalue weighted by molar-refractivity contribution is -0.138. The highest BCUT2D eigenvalue weighted by Gasteiger charge is 2.31. The predicted octanol–water partition coefficient (Wildman–Crippen LogP) is 5.20. The molecular weight excluding hydrogens is 437 g/mol. The number of ether oxygens (including phenoxy) is 2. The SMILES string of the molecule is CC(C)(C)OC(=O)N1CCO[C@@H](c2ccc(Nc3ncc(C(F)(F)F)cn3)c(Cl)c2)C1. The van der Waals surface area contributed by atoms with Crippen molar-refractivity contribution in [2.24, 2.45) is 0 Å². The lowest BCUT2D eigenvalue weighted by Crippen LogP contribution is -2.44. The Hall–Kier alpha value is -2.59. The summed E-state index contributed by atoms with van der Waals surface area (Å²) in [6.07, 6.45) is -3.93. The van der Waals surface area contributed by atoms with Crippen molar-refractivity contribution in [2.45, 2.75) is 38.7 Å². The molecule has 1 atom stereocenters. The van der Waals surface area contributed by atoms with Crippen molar-refractivity contribution in [1.82, 2.24) is 14.9 Å². The minimum Gasteiger partial charge on any atom is -0.444 e. The zero-order valence-electron chi connectivity index (χ0n) is 17.2. The molecule has 1 N–H and O–H groups in total. The van der Waals surface area contributed by atoms with Crippen LogP contribution in [-0.4, -0.2) is 46.3 Å². The van der Waals surface area contributed by atoms with Crippen LogP contribution in [0.5, 0.6) is 0 Å². The maximum Gasteiger partial charge on any atom is 0.419 e. The number of alkyl halides is 3. The van der Waals surface area contributed by atoms with E-state index in [1.807, 2.05) is 0 Å². The van der Waals surface area contributed by atoms with Gasteiger partial charge in [0.05, 0.1) is 29.4 Å². The lowest BCUT2D eigenvalue weighted by atomic mass is 10.1. The van der Waals surface area contributed by atoms with Crippen LogP contribution >= 0.6 is 11.6 Å². The number of hydrogen-bond donors (Lipinski definition) is 1. The number of aromatic nitrogens is 2. The van der Waals surface area contributed by atoms with Crippen molar-refractivity contribution < 1.29 is 27.4 Å². The van der Waals surface area contributed by atoms with Gasteiger partial charge in [-0.3, -0.25) is 0 Å². The highest BCUT2D eigenvalue weighted by molar-refractivity contribution is 6.33. The van der Waals surface area contributed by atoms with Crippen LogP contribution in [0.25, 0.3) is 0 Å². The Labute approximate surface area is 182 Å². The van der Waals surface area contributed by atoms with Gasteiger partial charge in [-0.15, -0.1) is 0 Å². The summed E-state index contributed by atoms with van der Waals surface area (Å²) in [5.74, 6) is -0.0207. The van der Waals surface area contributed by atoms with Crippen LogP contribution in [0.4, 0.5) is 29.6 Å². The van der Waals surface area contributed by atoms with Crippen molar-refractivity contribution in [3.8, 4) is 0 Å². The van der Waals surface area contributed by atoms with E-state index in [1.54, 1.807) is 43.9 Å². The second kappa shape index (κ2) is 8.88. The van der Waals surface area contributed by atoms with Crippen molar-refractivity contribution >= 4 is 29.3 Å². The number of nitrogens with one attached hydrogen (secondary N) is 1. The van der Waals surface area contributed by atoms with Gasteiger partial charge in [-0.2, -0.15) is 13.2 Å². The molecule has 1 aromatic carbocycles. The quantitative estimate of drug-likeness (QED) is 0.681. The monoisotopic (exact) mass is 458 g/mol. The zero-order chi connectivity index (χ0) is 22.8. The van der Waals surface area contributed by atoms with Crippen molar-refractivity contribution in [1.29, 1.82) is 0 Å². The minimum atomic E-state index is -4.51. The molecule has 0 aliphatic carbocycles. The van der Waals surface area contributed by atoms with Crippen LogP contribution in [0.3, 0.4) is 0 Å². The van der Waals surface area contributed by atoms with E-state index in [4.69, 9.17) is 21.1 Å². The Morgan fingerprint density at radius 2 is 1.94 bits per heavy atom. The number of morpholine rings is 1. The molecule has 0 spiro atoms. The maximum atomic E-state index is 12.6. The lowest BCUT2D eigenvalue weighted by Gasteiger charge is -2.34. The first-order chi connectivity index (χ1) is 14.4. The molecule has 0 bridgehead atoms. The molecule has 2 heterocycles. The third-order valence-corrected chi connectivity index (χ3v) is 4.62. The van der Waals surface area contributed by atoms with Crippen LogP contribution in [0.15, 0.2) is 30.6 Å². The molecule has 7 nitrogen and oxygen atoms in total. The normalized spacial score (nSPS) is 17.4. The second-order valence-corrected chi connectivity index (χ2v) is 8.35. The molecule has 1 aromatic heterocycles. The summed E-state index contributed by atoms with van der Waals surface area (Å²) >= 11 is 6.33. The summed E-state index contributed by atoms with van der Waals surface area (Å²) in [4.78, 5) is 21.2. The molecule has 1 amide bonds. The summed E-state index contributed by atoms with van der Waals surface area (Å²) in [7, 11) is 0. The molecular formula is C20H22ClF3N4O3. The summed E-state index contributed by atoms with van der Waals surface area (Å²) in [6.45, 7) is 6.48. The van der Waals surface area contributed by atoms with Gasteiger partial charge < -0.3 is 19.7 Å². The smallest absolute Gasteiger partial charge is 0.419 e. The van der Waals surface area contributed by atoms with Crippen LogP contribution in [-0.2, 0) is 15.7 Å². The molecule has 2 aromatic rings. The van der Waals surface area contributed by atoms with E-state index in [0.717, 1.165) is 5.56 Å². The van der Waals surface area contributed by atoms with Gasteiger partial charge in [-0.05, 0) is 38.5 Å². The Morgan fingerprint density at radius 3 is 2.52 bits per heavy atom. The predicted molar refractivity (Wildman–Crippen MR) is 108 cm³/mol. The average molecular weight is 459 g/mol. The largest absolute Gasteiger partial charge is 0.444 e. The molecule has 3 rings (SSSR count). The number of amides is 1. The Morgan fingerprint density at radius 1 is 1.26 bits per heavy atom. The van der Waals surface area contributed by atoms with Gasteiger partial charge in [0.2, 0.25) is 5.95 Å². The fourth-order valence-corrected chi connectivity index (χ4v) is 3.07. The van der Waals surface area contributed by atoms with E-state index in [9.17, 15) is 18.0 Å². The van der Waals surface area contributed by atoms with Gasteiger partial charge in [0.1, 0.15) is 11.7 Å². The van der Waals surface area contributed by atoms with Gasteiger partial charge >= 0.3 is 12.3 Å². The summed E-state index contributed by atoms with van der Waals surface area (Å²) in [5.41, 5.74) is -0.368. The number of halogens is 4. The first kappa shape index (κ1) is 23.1. The molecule has 31 heavy (non-hydrogen) atoms. The van der Waals surface area contributed by atoms with E-state index < -0.39 is 29.5 Å². The van der Waals surface area contributed by atoms with E-state index in [-0.39, 0.29) is 5.95 Å². The standard InChI is InChI=1S/C20H22ClF3N4O3/c1-19(2,3)31-18(29)28-6-7-30-16(11-28)12-4-5-15(14(21)8-12)27-17-25-9-13(10-26-17)20(22,23)24/h4-5,8-10,16H,6-7,11H2,1-3H3,(H,25,26,27)/t16-/m1/s1. The van der Waals surface area contributed by atoms with Crippen LogP contribution in [0.1, 0.15) is 38.0 Å². The van der Waals surface area contributed by atoms with E-state index >= 15 is 0 Å². The Kier molecular flexibility index (Phi) is 6.61. The molecule has 168 valence electrons. The van der Waals surface area contributed by atoms with Crippen LogP contribution in [0.2, 0.25) is 5.02 Å². The van der Waals surface area contributed by atoms with Gasteiger partial charge in [0.15, 0.2) is 0 Å². The van der Waals surface area contributed by atoms with Gasteiger partial charge in [-0.25, -0.2) is 14.8 Å². The molecule has 0 saturated carbocycles. The fourth-order valence-electron chi connectivity index (χ4n) is 2.84. The van der Waals surface area contributed by atoms with Crippen LogP contribution in [0, 0.1) is 0 Å². The van der Waals surface area contributed by atoms with E-state index in [0.29, 0.717) is 42.8 Å². The van der Waals surface area contributed by atoms with Crippen molar-refractivity contribution in [2.75, 3.05) is 25.0 Å². The summed E-state index contributed by atoms with van der Waals surface area (Å²) in [6, 6.07) is 5.06. The molecule has 1 aliphatic heterocycles. The minimum absolute atomic E-state index is 0.0207.